The second kappa shape index (κ2) is 6.58. The van der Waals surface area contributed by atoms with Crippen LogP contribution in [0.15, 0.2) is 30.1 Å². The first-order valence-electron chi connectivity index (χ1n) is 8.97. The van der Waals surface area contributed by atoms with Gasteiger partial charge in [-0.1, -0.05) is 0 Å². The molecule has 9 heteroatoms. The van der Waals surface area contributed by atoms with Crippen molar-refractivity contribution in [3.8, 4) is 0 Å². The highest BCUT2D eigenvalue weighted by molar-refractivity contribution is 5.95. The van der Waals surface area contributed by atoms with Gasteiger partial charge in [-0.05, 0) is 48.9 Å². The standard InChI is InChI=1S/C18H22N6O3/c19-15(18(26)27)10-22(20)9-13-8-14-6-12(11-3-4-11)7-16(24(14)21-13)23-5-1-2-17(23)25/h6-8,10-11H,1-5,9,19-20H2,(H,26,27)/b15-10-. The number of anilines is 1. The van der Waals surface area contributed by atoms with E-state index in [9.17, 15) is 9.59 Å². The number of fused-ring (bicyclic) bond motifs is 1. The quantitative estimate of drug-likeness (QED) is 0.391. The summed E-state index contributed by atoms with van der Waals surface area (Å²) in [5, 5.41) is 14.6. The zero-order chi connectivity index (χ0) is 19.1. The van der Waals surface area contributed by atoms with Crippen LogP contribution in [0.5, 0.6) is 0 Å². The summed E-state index contributed by atoms with van der Waals surface area (Å²) >= 11 is 0. The molecule has 2 aromatic heterocycles. The minimum atomic E-state index is -1.23. The van der Waals surface area contributed by atoms with Gasteiger partial charge in [-0.3, -0.25) is 9.69 Å². The molecule has 0 radical (unpaired) electrons. The number of carboxylic acids is 1. The normalized spacial score (nSPS) is 17.7. The number of nitrogens with zero attached hydrogens (tertiary/aromatic N) is 4. The van der Waals surface area contributed by atoms with Crippen molar-refractivity contribution < 1.29 is 14.7 Å². The Labute approximate surface area is 155 Å². The molecule has 9 nitrogen and oxygen atoms in total. The number of aromatic nitrogens is 2. The minimum Gasteiger partial charge on any atom is -0.477 e. The topological polar surface area (TPSA) is 130 Å². The zero-order valence-corrected chi connectivity index (χ0v) is 14.8. The van der Waals surface area contributed by atoms with Gasteiger partial charge in [-0.25, -0.2) is 15.2 Å². The summed E-state index contributed by atoms with van der Waals surface area (Å²) in [5.74, 6) is 6.05. The van der Waals surface area contributed by atoms with Gasteiger partial charge >= 0.3 is 5.97 Å². The van der Waals surface area contributed by atoms with Gasteiger partial charge in [0.15, 0.2) is 0 Å². The third-order valence-corrected chi connectivity index (χ3v) is 4.91. The van der Waals surface area contributed by atoms with Gasteiger partial charge in [0.05, 0.1) is 17.8 Å². The molecule has 0 aromatic carbocycles. The predicted molar refractivity (Wildman–Crippen MR) is 98.4 cm³/mol. The Morgan fingerprint density at radius 3 is 2.78 bits per heavy atom. The number of amides is 1. The van der Waals surface area contributed by atoms with Crippen LogP contribution >= 0.6 is 0 Å². The van der Waals surface area contributed by atoms with Crippen molar-refractivity contribution in [2.24, 2.45) is 11.6 Å². The van der Waals surface area contributed by atoms with Gasteiger partial charge in [0.1, 0.15) is 11.5 Å². The molecule has 142 valence electrons. The Balaban J connectivity index is 1.69. The Morgan fingerprint density at radius 1 is 1.37 bits per heavy atom. The highest BCUT2D eigenvalue weighted by Gasteiger charge is 2.29. The lowest BCUT2D eigenvalue weighted by Gasteiger charge is -2.18. The number of pyridine rings is 1. The van der Waals surface area contributed by atoms with Crippen molar-refractivity contribution in [3.63, 3.8) is 0 Å². The van der Waals surface area contributed by atoms with E-state index in [1.165, 1.54) is 23.4 Å². The largest absolute Gasteiger partial charge is 0.477 e. The van der Waals surface area contributed by atoms with Gasteiger partial charge in [-0.15, -0.1) is 0 Å². The number of carbonyl (C=O) groups excluding carboxylic acids is 1. The molecule has 0 unspecified atom stereocenters. The van der Waals surface area contributed by atoms with Crippen LogP contribution in [-0.4, -0.2) is 38.2 Å². The lowest BCUT2D eigenvalue weighted by atomic mass is 10.1. The fourth-order valence-corrected chi connectivity index (χ4v) is 3.43. The van der Waals surface area contributed by atoms with Crippen LogP contribution in [0.25, 0.3) is 5.52 Å². The molecule has 1 aliphatic carbocycles. The van der Waals surface area contributed by atoms with E-state index in [1.807, 2.05) is 6.07 Å². The number of hydrogen-bond acceptors (Lipinski definition) is 6. The van der Waals surface area contributed by atoms with Crippen LogP contribution in [0.2, 0.25) is 0 Å². The maximum absolute atomic E-state index is 12.3. The number of nitrogens with two attached hydrogens (primary N) is 2. The molecule has 1 amide bonds. The number of aliphatic carboxylic acids is 1. The molecule has 0 spiro atoms. The van der Waals surface area contributed by atoms with Gasteiger partial charge in [0.25, 0.3) is 0 Å². The molecule has 1 aliphatic heterocycles. The van der Waals surface area contributed by atoms with Crippen LogP contribution in [0, 0.1) is 0 Å². The summed E-state index contributed by atoms with van der Waals surface area (Å²) in [6.07, 6.45) is 4.89. The van der Waals surface area contributed by atoms with Crippen molar-refractivity contribution in [1.29, 1.82) is 0 Å². The van der Waals surface area contributed by atoms with E-state index in [2.05, 4.69) is 17.2 Å². The molecular formula is C18H22N6O3. The Hall–Kier alpha value is -3.07. The smallest absolute Gasteiger partial charge is 0.353 e. The van der Waals surface area contributed by atoms with E-state index in [0.717, 1.165) is 24.0 Å². The first kappa shape index (κ1) is 17.3. The summed E-state index contributed by atoms with van der Waals surface area (Å²) in [4.78, 5) is 24.9. The molecule has 4 rings (SSSR count). The van der Waals surface area contributed by atoms with Crippen molar-refractivity contribution >= 4 is 23.2 Å². The molecule has 0 atom stereocenters. The van der Waals surface area contributed by atoms with E-state index in [0.29, 0.717) is 24.6 Å². The monoisotopic (exact) mass is 370 g/mol. The second-order valence-corrected chi connectivity index (χ2v) is 7.10. The lowest BCUT2D eigenvalue weighted by molar-refractivity contribution is -0.132. The van der Waals surface area contributed by atoms with E-state index in [-0.39, 0.29) is 18.1 Å². The molecule has 5 N–H and O–H groups in total. The van der Waals surface area contributed by atoms with Gasteiger partial charge in [0.2, 0.25) is 5.91 Å². The highest BCUT2D eigenvalue weighted by atomic mass is 16.4. The lowest BCUT2D eigenvalue weighted by Crippen LogP contribution is -2.28. The third-order valence-electron chi connectivity index (χ3n) is 4.91. The number of carboxylic acid groups (broad SMARTS) is 1. The van der Waals surface area contributed by atoms with E-state index in [4.69, 9.17) is 16.7 Å². The van der Waals surface area contributed by atoms with Gasteiger partial charge in [0, 0.05) is 19.2 Å². The second-order valence-electron chi connectivity index (χ2n) is 7.10. The van der Waals surface area contributed by atoms with Crippen molar-refractivity contribution in [3.05, 3.63) is 41.4 Å². The van der Waals surface area contributed by atoms with E-state index in [1.54, 1.807) is 9.42 Å². The number of carbonyl (C=O) groups is 2. The first-order chi connectivity index (χ1) is 12.9. The molecule has 1 saturated carbocycles. The fraction of sp³-hybridized carbons (Fsp3) is 0.389. The number of rotatable bonds is 6. The van der Waals surface area contributed by atoms with Gasteiger partial charge < -0.3 is 15.8 Å². The predicted octanol–water partition coefficient (Wildman–Crippen LogP) is 0.899. The fourth-order valence-electron chi connectivity index (χ4n) is 3.43. The summed E-state index contributed by atoms with van der Waals surface area (Å²) < 4.78 is 1.77. The number of hydrogen-bond donors (Lipinski definition) is 3. The average molecular weight is 370 g/mol. The van der Waals surface area contributed by atoms with Crippen LogP contribution in [0.3, 0.4) is 0 Å². The molecular weight excluding hydrogens is 348 g/mol. The van der Waals surface area contributed by atoms with Crippen molar-refractivity contribution in [1.82, 2.24) is 14.6 Å². The molecule has 2 aromatic rings. The first-order valence-corrected chi connectivity index (χ1v) is 8.97. The maximum Gasteiger partial charge on any atom is 0.353 e. The number of hydrazine groups is 1. The Bertz CT molecular complexity index is 946. The Kier molecular flexibility index (Phi) is 4.23. The zero-order valence-electron chi connectivity index (χ0n) is 14.8. The summed E-state index contributed by atoms with van der Waals surface area (Å²) in [6, 6.07) is 6.06. The SMILES string of the molecule is N/C(=C\N(N)Cc1cc2cc(C3CC3)cc(N3CCCC3=O)n2n1)C(=O)O. The molecule has 1 saturated heterocycles. The third kappa shape index (κ3) is 3.45. The van der Waals surface area contributed by atoms with E-state index < -0.39 is 5.97 Å². The average Bonchev–Trinajstić information content (AvgIpc) is 3.25. The Morgan fingerprint density at radius 2 is 2.15 bits per heavy atom. The summed E-state index contributed by atoms with van der Waals surface area (Å²) in [5.41, 5.74) is 7.83. The van der Waals surface area contributed by atoms with E-state index >= 15 is 0 Å². The minimum absolute atomic E-state index is 0.110. The molecule has 2 aliphatic rings. The van der Waals surface area contributed by atoms with Crippen LogP contribution < -0.4 is 16.5 Å². The highest BCUT2D eigenvalue weighted by Crippen LogP contribution is 2.42. The van der Waals surface area contributed by atoms with Crippen molar-refractivity contribution in [2.75, 3.05) is 11.4 Å². The van der Waals surface area contributed by atoms with Crippen LogP contribution in [0.1, 0.15) is 42.9 Å². The molecule has 27 heavy (non-hydrogen) atoms. The molecule has 3 heterocycles. The van der Waals surface area contributed by atoms with Crippen LogP contribution in [-0.2, 0) is 16.1 Å². The summed E-state index contributed by atoms with van der Waals surface area (Å²) in [6.45, 7) is 0.889. The maximum atomic E-state index is 12.3. The molecule has 0 bridgehead atoms. The van der Waals surface area contributed by atoms with Gasteiger partial charge in [-0.2, -0.15) is 5.10 Å². The molecule has 2 fully saturated rings. The summed E-state index contributed by atoms with van der Waals surface area (Å²) in [7, 11) is 0. The van der Waals surface area contributed by atoms with Crippen molar-refractivity contribution in [2.45, 2.75) is 38.1 Å². The van der Waals surface area contributed by atoms with Crippen LogP contribution in [0.4, 0.5) is 5.82 Å².